The number of hydrogen-bond donors (Lipinski definition) is 1. The molecule has 6 nitrogen and oxygen atoms in total. The Morgan fingerprint density at radius 3 is 3.00 bits per heavy atom. The van der Waals surface area contributed by atoms with Crippen molar-refractivity contribution < 1.29 is 18.8 Å². The van der Waals surface area contributed by atoms with Gasteiger partial charge in [-0.05, 0) is 47.2 Å². The van der Waals surface area contributed by atoms with E-state index in [0.717, 1.165) is 17.9 Å². The molecule has 1 aliphatic rings. The molecule has 1 unspecified atom stereocenters. The molecule has 1 aromatic carbocycles. The third kappa shape index (κ3) is 3.08. The van der Waals surface area contributed by atoms with Gasteiger partial charge in [0.05, 0.1) is 7.05 Å². The van der Waals surface area contributed by atoms with E-state index in [4.69, 9.17) is 26.1 Å². The first-order chi connectivity index (χ1) is 11.7. The van der Waals surface area contributed by atoms with Crippen LogP contribution in [0.1, 0.15) is 5.56 Å². The Kier molecular flexibility index (Phi) is 4.09. The number of ether oxygens (including phenoxy) is 2. The molecule has 4 rings (SSSR count). The molecule has 24 heavy (non-hydrogen) atoms. The summed E-state index contributed by atoms with van der Waals surface area (Å²) < 4.78 is 18.1. The lowest BCUT2D eigenvalue weighted by molar-refractivity contribution is -0.917. The van der Waals surface area contributed by atoms with Crippen molar-refractivity contribution in [1.29, 1.82) is 0 Å². The van der Waals surface area contributed by atoms with Crippen molar-refractivity contribution >= 4 is 23.6 Å². The number of rotatable bonds is 5. The Morgan fingerprint density at radius 1 is 1.29 bits per heavy atom. The van der Waals surface area contributed by atoms with Crippen LogP contribution in [-0.4, -0.2) is 23.6 Å². The van der Waals surface area contributed by atoms with Crippen molar-refractivity contribution in [1.82, 2.24) is 9.78 Å². The van der Waals surface area contributed by atoms with Crippen molar-refractivity contribution in [2.45, 2.75) is 13.2 Å². The van der Waals surface area contributed by atoms with Crippen molar-refractivity contribution in [3.8, 4) is 23.0 Å². The quantitative estimate of drug-likeness (QED) is 0.706. The van der Waals surface area contributed by atoms with Gasteiger partial charge >= 0.3 is 0 Å². The van der Waals surface area contributed by atoms with E-state index in [9.17, 15) is 0 Å². The van der Waals surface area contributed by atoms with Crippen LogP contribution in [0.2, 0.25) is 0 Å². The maximum atomic E-state index is 5.66. The zero-order valence-corrected chi connectivity index (χ0v) is 14.7. The predicted molar refractivity (Wildman–Crippen MR) is 91.8 cm³/mol. The monoisotopic (exact) mass is 362 g/mol. The standard InChI is InChI=1S/C16H15N3O3S2/c1-18(7-11-4-5-24-8-11)9-19-16(23)22-15(17-19)12-2-3-13-14(6-12)21-10-20-13/h2-6,8H,7,9-10H2,1H3/p+1. The van der Waals surface area contributed by atoms with Crippen LogP contribution in [0.3, 0.4) is 0 Å². The van der Waals surface area contributed by atoms with Crippen molar-refractivity contribution in [2.75, 3.05) is 13.8 Å². The molecule has 0 spiro atoms. The second-order valence-electron chi connectivity index (χ2n) is 5.66. The molecular weight excluding hydrogens is 346 g/mol. The minimum absolute atomic E-state index is 0.243. The maximum absolute atomic E-state index is 5.66. The molecule has 0 radical (unpaired) electrons. The number of benzene rings is 1. The van der Waals surface area contributed by atoms with E-state index in [1.807, 2.05) is 18.2 Å². The highest BCUT2D eigenvalue weighted by atomic mass is 32.1. The maximum Gasteiger partial charge on any atom is 0.292 e. The highest BCUT2D eigenvalue weighted by molar-refractivity contribution is 7.71. The van der Waals surface area contributed by atoms with Crippen molar-refractivity contribution in [3.05, 3.63) is 45.4 Å². The van der Waals surface area contributed by atoms with Gasteiger partial charge in [0.25, 0.3) is 4.84 Å². The van der Waals surface area contributed by atoms with E-state index in [1.54, 1.807) is 16.0 Å². The largest absolute Gasteiger partial charge is 0.454 e. The second kappa shape index (κ2) is 6.39. The lowest BCUT2D eigenvalue weighted by Gasteiger charge is -2.11. The molecule has 2 aromatic heterocycles. The summed E-state index contributed by atoms with van der Waals surface area (Å²) in [7, 11) is 2.11. The summed E-state index contributed by atoms with van der Waals surface area (Å²) in [6, 6.07) is 7.73. The van der Waals surface area contributed by atoms with E-state index in [1.165, 1.54) is 10.5 Å². The molecule has 0 saturated carbocycles. The van der Waals surface area contributed by atoms with E-state index in [2.05, 4.69) is 29.0 Å². The Morgan fingerprint density at radius 2 is 2.17 bits per heavy atom. The first-order valence-electron chi connectivity index (χ1n) is 7.49. The van der Waals surface area contributed by atoms with Gasteiger partial charge in [-0.1, -0.05) is 0 Å². The fourth-order valence-electron chi connectivity index (χ4n) is 2.61. The molecule has 0 fully saturated rings. The third-order valence-electron chi connectivity index (χ3n) is 3.73. The highest BCUT2D eigenvalue weighted by Crippen LogP contribution is 2.35. The van der Waals surface area contributed by atoms with E-state index in [0.29, 0.717) is 23.1 Å². The van der Waals surface area contributed by atoms with Crippen LogP contribution in [0.4, 0.5) is 0 Å². The number of nitrogens with zero attached hydrogens (tertiary/aromatic N) is 2. The minimum atomic E-state index is 0.243. The Bertz CT molecular complexity index is 902. The number of aromatic nitrogens is 2. The fraction of sp³-hybridized carbons (Fsp3) is 0.250. The van der Waals surface area contributed by atoms with Crippen LogP contribution in [0, 0.1) is 4.84 Å². The van der Waals surface area contributed by atoms with Crippen LogP contribution in [-0.2, 0) is 13.2 Å². The molecule has 0 aliphatic carbocycles. The molecule has 1 N–H and O–H groups in total. The molecule has 3 aromatic rings. The number of thiophene rings is 1. The van der Waals surface area contributed by atoms with Gasteiger partial charge in [-0.15, -0.1) is 5.10 Å². The van der Waals surface area contributed by atoms with Gasteiger partial charge in [0.1, 0.15) is 6.54 Å². The first-order valence-corrected chi connectivity index (χ1v) is 8.84. The topological polar surface area (TPSA) is 53.9 Å². The van der Waals surface area contributed by atoms with Gasteiger partial charge in [-0.2, -0.15) is 16.0 Å². The van der Waals surface area contributed by atoms with Gasteiger partial charge in [0.2, 0.25) is 12.7 Å². The number of fused-ring (bicyclic) bond motifs is 1. The molecule has 8 heteroatoms. The number of quaternary nitrogens is 1. The SMILES string of the molecule is C[NH+](Cc1ccsc1)Cn1nc(-c2ccc3c(c2)OCO3)oc1=S. The summed E-state index contributed by atoms with van der Waals surface area (Å²) >= 11 is 7.01. The molecular formula is C16H16N3O3S2+. The van der Waals surface area contributed by atoms with E-state index < -0.39 is 0 Å². The molecule has 0 bridgehead atoms. The second-order valence-corrected chi connectivity index (χ2v) is 6.79. The van der Waals surface area contributed by atoms with Gasteiger partial charge in [-0.3, -0.25) is 0 Å². The van der Waals surface area contributed by atoms with Crippen molar-refractivity contribution in [2.24, 2.45) is 0 Å². The van der Waals surface area contributed by atoms with Gasteiger partial charge in [0.15, 0.2) is 18.2 Å². The average molecular weight is 362 g/mol. The summed E-state index contributed by atoms with van der Waals surface area (Å²) in [4.78, 5) is 1.64. The Labute approximate surface area is 147 Å². The molecule has 1 aliphatic heterocycles. The molecule has 3 heterocycles. The zero-order valence-electron chi connectivity index (χ0n) is 13.0. The van der Waals surface area contributed by atoms with Crippen LogP contribution in [0.5, 0.6) is 11.5 Å². The van der Waals surface area contributed by atoms with Crippen LogP contribution >= 0.6 is 23.6 Å². The number of nitrogens with one attached hydrogen (secondary N) is 1. The molecule has 124 valence electrons. The van der Waals surface area contributed by atoms with Crippen LogP contribution in [0.25, 0.3) is 11.5 Å². The average Bonchev–Trinajstić information content (AvgIpc) is 3.28. The van der Waals surface area contributed by atoms with E-state index >= 15 is 0 Å². The summed E-state index contributed by atoms with van der Waals surface area (Å²) in [6.45, 7) is 1.80. The molecule has 0 saturated heterocycles. The third-order valence-corrected chi connectivity index (χ3v) is 4.76. The van der Waals surface area contributed by atoms with E-state index in [-0.39, 0.29) is 6.79 Å². The van der Waals surface area contributed by atoms with Gasteiger partial charge in [-0.25, -0.2) is 0 Å². The Hall–Kier alpha value is -2.16. The minimum Gasteiger partial charge on any atom is -0.454 e. The van der Waals surface area contributed by atoms with Crippen LogP contribution < -0.4 is 14.4 Å². The highest BCUT2D eigenvalue weighted by Gasteiger charge is 2.17. The summed E-state index contributed by atoms with van der Waals surface area (Å²) in [6.07, 6.45) is 0. The number of hydrogen-bond acceptors (Lipinski definition) is 6. The molecule has 0 amide bonds. The first kappa shape index (κ1) is 15.4. The van der Waals surface area contributed by atoms with Gasteiger partial charge < -0.3 is 18.8 Å². The molecule has 1 atom stereocenters. The smallest absolute Gasteiger partial charge is 0.292 e. The fourth-order valence-corrected chi connectivity index (χ4v) is 3.46. The lowest BCUT2D eigenvalue weighted by atomic mass is 10.2. The summed E-state index contributed by atoms with van der Waals surface area (Å²) in [5.41, 5.74) is 2.13. The zero-order chi connectivity index (χ0) is 16.5. The van der Waals surface area contributed by atoms with Gasteiger partial charge in [0, 0.05) is 11.1 Å². The summed E-state index contributed by atoms with van der Waals surface area (Å²) in [5.74, 6) is 1.92. The lowest BCUT2D eigenvalue weighted by Crippen LogP contribution is -3.06. The summed E-state index contributed by atoms with van der Waals surface area (Å²) in [5, 5.41) is 8.75. The van der Waals surface area contributed by atoms with Crippen LogP contribution in [0.15, 0.2) is 39.4 Å². The Balaban J connectivity index is 1.53. The van der Waals surface area contributed by atoms with Crippen molar-refractivity contribution in [3.63, 3.8) is 0 Å². The predicted octanol–water partition coefficient (Wildman–Crippen LogP) is 2.34. The normalized spacial score (nSPS) is 14.0.